The Balaban J connectivity index is 1.64. The van der Waals surface area contributed by atoms with Crippen LogP contribution in [0.5, 0.6) is 5.75 Å². The van der Waals surface area contributed by atoms with Gasteiger partial charge >= 0.3 is 0 Å². The molecule has 0 fully saturated rings. The maximum atomic E-state index is 14.0. The lowest BCUT2D eigenvalue weighted by Gasteiger charge is -2.35. The Kier molecular flexibility index (Phi) is 3.84. The first-order valence-electron chi connectivity index (χ1n) is 12.2. The van der Waals surface area contributed by atoms with Crippen molar-refractivity contribution in [3.8, 4) is 11.8 Å². The Hall–Kier alpha value is -5.48. The Morgan fingerprint density at radius 1 is 0.842 bits per heavy atom. The molecular weight excluding hydrogens is 474 g/mol. The molecule has 178 valence electrons. The Morgan fingerprint density at radius 3 is 2.21 bits per heavy atom. The largest absolute Gasteiger partial charge is 0.439 e. The molecule has 1 amide bonds. The van der Waals surface area contributed by atoms with E-state index in [9.17, 15) is 10.1 Å². The van der Waals surface area contributed by atoms with Crippen LogP contribution in [0.3, 0.4) is 0 Å². The number of carbonyl (C=O) groups is 1. The SMILES string of the molecule is N#CC1=C(N)Oc2c(c3nc4cc5ccccc5cc4nc3c3ccccc23)C12C(=O)Nc1ccccc12. The number of ether oxygens (including phenoxy) is 1. The number of aromatic nitrogens is 2. The minimum atomic E-state index is -1.54. The van der Waals surface area contributed by atoms with Crippen LogP contribution in [-0.4, -0.2) is 15.9 Å². The number of carbonyl (C=O) groups excluding carboxylic acids is 1. The molecule has 38 heavy (non-hydrogen) atoms. The molecule has 8 rings (SSSR count). The number of para-hydroxylation sites is 1. The smallest absolute Gasteiger partial charge is 0.245 e. The summed E-state index contributed by atoms with van der Waals surface area (Å²) in [6.07, 6.45) is 0. The van der Waals surface area contributed by atoms with E-state index in [4.69, 9.17) is 20.4 Å². The van der Waals surface area contributed by atoms with Crippen LogP contribution >= 0.6 is 0 Å². The highest BCUT2D eigenvalue weighted by molar-refractivity contribution is 6.19. The van der Waals surface area contributed by atoms with Gasteiger partial charge in [-0.2, -0.15) is 5.26 Å². The molecule has 1 unspecified atom stereocenters. The Labute approximate surface area is 215 Å². The number of hydrogen-bond donors (Lipinski definition) is 2. The number of nitrogens with two attached hydrogens (primary N) is 1. The minimum absolute atomic E-state index is 0.0319. The van der Waals surface area contributed by atoms with E-state index in [0.717, 1.165) is 27.1 Å². The third kappa shape index (κ3) is 2.39. The predicted molar refractivity (Wildman–Crippen MR) is 145 cm³/mol. The fourth-order valence-electron chi connectivity index (χ4n) is 6.05. The molecule has 3 N–H and O–H groups in total. The molecule has 1 aromatic heterocycles. The van der Waals surface area contributed by atoms with Crippen molar-refractivity contribution in [3.63, 3.8) is 0 Å². The van der Waals surface area contributed by atoms with Gasteiger partial charge in [-0.05, 0) is 29.0 Å². The van der Waals surface area contributed by atoms with E-state index in [1.807, 2.05) is 84.9 Å². The molecular formula is C31H17N5O2. The molecule has 7 nitrogen and oxygen atoms in total. The number of benzene rings is 5. The first-order valence-corrected chi connectivity index (χ1v) is 12.2. The van der Waals surface area contributed by atoms with Gasteiger partial charge < -0.3 is 15.8 Å². The van der Waals surface area contributed by atoms with Crippen molar-refractivity contribution >= 4 is 55.2 Å². The summed E-state index contributed by atoms with van der Waals surface area (Å²) in [6, 6.07) is 29.3. The lowest BCUT2D eigenvalue weighted by Crippen LogP contribution is -2.42. The molecule has 7 heteroatoms. The van der Waals surface area contributed by atoms with Crippen molar-refractivity contribution in [3.05, 3.63) is 108 Å². The molecule has 6 aromatic rings. The monoisotopic (exact) mass is 491 g/mol. The number of fused-ring (bicyclic) bond motifs is 11. The average Bonchev–Trinajstić information content (AvgIpc) is 3.23. The molecule has 0 saturated carbocycles. The van der Waals surface area contributed by atoms with Crippen LogP contribution in [0.25, 0.3) is 43.6 Å². The Bertz CT molecular complexity index is 2140. The van der Waals surface area contributed by atoms with Gasteiger partial charge in [0.1, 0.15) is 22.8 Å². The number of rotatable bonds is 0. The number of hydrogen-bond acceptors (Lipinski definition) is 6. The topological polar surface area (TPSA) is 114 Å². The van der Waals surface area contributed by atoms with Crippen LogP contribution in [0.4, 0.5) is 5.69 Å². The lowest BCUT2D eigenvalue weighted by atomic mass is 9.68. The number of nitrogens with one attached hydrogen (secondary N) is 1. The van der Waals surface area contributed by atoms with Crippen molar-refractivity contribution in [1.29, 1.82) is 5.26 Å². The molecule has 0 radical (unpaired) electrons. The van der Waals surface area contributed by atoms with Crippen LogP contribution in [-0.2, 0) is 10.2 Å². The van der Waals surface area contributed by atoms with E-state index < -0.39 is 5.41 Å². The average molecular weight is 492 g/mol. The molecule has 2 aliphatic heterocycles. The minimum Gasteiger partial charge on any atom is -0.439 e. The van der Waals surface area contributed by atoms with Gasteiger partial charge in [0, 0.05) is 27.6 Å². The van der Waals surface area contributed by atoms with Crippen LogP contribution in [0, 0.1) is 11.3 Å². The molecule has 5 aromatic carbocycles. The summed E-state index contributed by atoms with van der Waals surface area (Å²) in [5.41, 5.74) is 9.13. The van der Waals surface area contributed by atoms with Gasteiger partial charge in [0.25, 0.3) is 0 Å². The highest BCUT2D eigenvalue weighted by Gasteiger charge is 2.58. The van der Waals surface area contributed by atoms with Crippen LogP contribution in [0.15, 0.2) is 96.4 Å². The van der Waals surface area contributed by atoms with Gasteiger partial charge in [0.05, 0.1) is 22.1 Å². The van der Waals surface area contributed by atoms with Crippen LogP contribution < -0.4 is 15.8 Å². The summed E-state index contributed by atoms with van der Waals surface area (Å²) in [6.45, 7) is 0. The summed E-state index contributed by atoms with van der Waals surface area (Å²) >= 11 is 0. The summed E-state index contributed by atoms with van der Waals surface area (Å²) in [7, 11) is 0. The van der Waals surface area contributed by atoms with Crippen molar-refractivity contribution in [2.75, 3.05) is 5.32 Å². The highest BCUT2D eigenvalue weighted by atomic mass is 16.5. The van der Waals surface area contributed by atoms with Crippen molar-refractivity contribution in [1.82, 2.24) is 9.97 Å². The Morgan fingerprint density at radius 2 is 1.47 bits per heavy atom. The zero-order valence-corrected chi connectivity index (χ0v) is 19.8. The third-order valence-corrected chi connectivity index (χ3v) is 7.66. The third-order valence-electron chi connectivity index (χ3n) is 7.66. The van der Waals surface area contributed by atoms with Crippen LogP contribution in [0.1, 0.15) is 11.1 Å². The number of nitrogens with zero attached hydrogens (tertiary/aromatic N) is 3. The molecule has 0 saturated heterocycles. The lowest BCUT2D eigenvalue weighted by molar-refractivity contribution is -0.118. The fraction of sp³-hybridized carbons (Fsp3) is 0.0323. The quantitative estimate of drug-likeness (QED) is 0.217. The van der Waals surface area contributed by atoms with Crippen molar-refractivity contribution in [2.24, 2.45) is 5.73 Å². The summed E-state index contributed by atoms with van der Waals surface area (Å²) in [5, 5.41) is 17.0. The van der Waals surface area contributed by atoms with Crippen molar-refractivity contribution < 1.29 is 9.53 Å². The van der Waals surface area contributed by atoms with Gasteiger partial charge in [0.15, 0.2) is 0 Å². The van der Waals surface area contributed by atoms with E-state index in [1.54, 1.807) is 0 Å². The number of anilines is 1. The zero-order valence-electron chi connectivity index (χ0n) is 19.8. The summed E-state index contributed by atoms with van der Waals surface area (Å²) in [4.78, 5) is 24.3. The van der Waals surface area contributed by atoms with E-state index in [0.29, 0.717) is 39.1 Å². The molecule has 1 spiro atoms. The first-order chi connectivity index (χ1) is 18.6. The molecule has 0 aliphatic carbocycles. The molecule has 2 aliphatic rings. The van der Waals surface area contributed by atoms with E-state index in [2.05, 4.69) is 11.4 Å². The van der Waals surface area contributed by atoms with Gasteiger partial charge in [-0.1, -0.05) is 66.7 Å². The first kappa shape index (κ1) is 20.7. The fourth-order valence-corrected chi connectivity index (χ4v) is 6.05. The van der Waals surface area contributed by atoms with Gasteiger partial charge in [-0.25, -0.2) is 9.97 Å². The normalized spacial score (nSPS) is 18.0. The summed E-state index contributed by atoms with van der Waals surface area (Å²) in [5.74, 6) is -0.0678. The number of nitriles is 1. The maximum Gasteiger partial charge on any atom is 0.245 e. The maximum absolute atomic E-state index is 14.0. The van der Waals surface area contributed by atoms with E-state index in [1.165, 1.54) is 0 Å². The summed E-state index contributed by atoms with van der Waals surface area (Å²) < 4.78 is 6.18. The predicted octanol–water partition coefficient (Wildman–Crippen LogP) is 5.41. The van der Waals surface area contributed by atoms with E-state index >= 15 is 0 Å². The zero-order chi connectivity index (χ0) is 25.6. The second-order valence-electron chi connectivity index (χ2n) is 9.56. The molecule has 0 bridgehead atoms. The van der Waals surface area contributed by atoms with Crippen LogP contribution in [0.2, 0.25) is 0 Å². The van der Waals surface area contributed by atoms with E-state index in [-0.39, 0.29) is 17.4 Å². The second kappa shape index (κ2) is 7.05. The van der Waals surface area contributed by atoms with Gasteiger partial charge in [-0.3, -0.25) is 4.79 Å². The second-order valence-corrected chi connectivity index (χ2v) is 9.56. The standard InChI is InChI=1S/C31H17N5O2/c32-15-21-29(33)38-28-19-10-4-3-9-18(19)26-27(25(28)31(21)20-11-5-6-12-22(20)36-30(31)37)35-24-14-17-8-2-1-7-16(17)13-23(24)34-26/h1-14H,33H2,(H,36,37). The molecule has 1 atom stereocenters. The van der Waals surface area contributed by atoms with Gasteiger partial charge in [-0.15, -0.1) is 0 Å². The van der Waals surface area contributed by atoms with Gasteiger partial charge in [0.2, 0.25) is 11.8 Å². The highest BCUT2D eigenvalue weighted by Crippen LogP contribution is 2.56. The van der Waals surface area contributed by atoms with Crippen molar-refractivity contribution in [2.45, 2.75) is 5.41 Å². The molecule has 3 heterocycles. The number of amides is 1.